The summed E-state index contributed by atoms with van der Waals surface area (Å²) in [5, 5.41) is 0. The minimum Gasteiger partial charge on any atom is -0.469 e. The summed E-state index contributed by atoms with van der Waals surface area (Å²) in [7, 11) is 1.36. The van der Waals surface area contributed by atoms with E-state index in [0.29, 0.717) is 6.54 Å². The van der Waals surface area contributed by atoms with Crippen LogP contribution in [0.1, 0.15) is 12.0 Å². The summed E-state index contributed by atoms with van der Waals surface area (Å²) < 4.78 is 4.78. The number of nitrogens with zero attached hydrogens (tertiary/aromatic N) is 3. The summed E-state index contributed by atoms with van der Waals surface area (Å²) in [5.41, 5.74) is 3.36. The molecule has 6 heteroatoms. The number of hydrogen-bond donors (Lipinski definition) is 0. The van der Waals surface area contributed by atoms with Crippen molar-refractivity contribution < 1.29 is 14.3 Å². The van der Waals surface area contributed by atoms with Crippen molar-refractivity contribution in [2.75, 3.05) is 49.6 Å². The normalized spacial score (nSPS) is 20.2. The Kier molecular flexibility index (Phi) is 5.81. The van der Waals surface area contributed by atoms with E-state index in [0.717, 1.165) is 38.4 Å². The van der Waals surface area contributed by atoms with Gasteiger partial charge in [-0.2, -0.15) is 0 Å². The Labute approximate surface area is 171 Å². The lowest BCUT2D eigenvalue weighted by Crippen LogP contribution is -2.45. The molecule has 2 aliphatic rings. The highest BCUT2D eigenvalue weighted by Gasteiger charge is 2.35. The van der Waals surface area contributed by atoms with Crippen molar-refractivity contribution in [1.82, 2.24) is 4.90 Å². The van der Waals surface area contributed by atoms with E-state index in [1.54, 1.807) is 4.90 Å². The van der Waals surface area contributed by atoms with Crippen LogP contribution in [0.3, 0.4) is 0 Å². The third-order valence-electron chi connectivity index (χ3n) is 5.81. The van der Waals surface area contributed by atoms with Gasteiger partial charge in [0.25, 0.3) is 0 Å². The molecule has 2 aliphatic heterocycles. The fourth-order valence-electron chi connectivity index (χ4n) is 4.13. The molecule has 0 bridgehead atoms. The van der Waals surface area contributed by atoms with Crippen molar-refractivity contribution in [3.8, 4) is 0 Å². The third kappa shape index (κ3) is 4.43. The van der Waals surface area contributed by atoms with Crippen LogP contribution >= 0.6 is 0 Å². The van der Waals surface area contributed by atoms with Crippen LogP contribution in [0, 0.1) is 5.92 Å². The zero-order valence-corrected chi connectivity index (χ0v) is 16.8. The first-order valence-corrected chi connectivity index (χ1v) is 10.1. The minimum atomic E-state index is -0.370. The van der Waals surface area contributed by atoms with E-state index < -0.39 is 0 Å². The van der Waals surface area contributed by atoms with Crippen LogP contribution in [0.5, 0.6) is 0 Å². The molecule has 1 atom stereocenters. The minimum absolute atomic E-state index is 0.0253. The number of ether oxygens (including phenoxy) is 1. The van der Waals surface area contributed by atoms with Gasteiger partial charge >= 0.3 is 5.97 Å². The molecule has 0 radical (unpaired) electrons. The molecule has 2 aromatic rings. The van der Waals surface area contributed by atoms with Gasteiger partial charge in [-0.15, -0.1) is 0 Å². The maximum Gasteiger partial charge on any atom is 0.311 e. The topological polar surface area (TPSA) is 53.1 Å². The molecule has 0 N–H and O–H groups in total. The molecule has 0 saturated carbocycles. The number of rotatable bonds is 5. The van der Waals surface area contributed by atoms with E-state index in [9.17, 15) is 9.59 Å². The third-order valence-corrected chi connectivity index (χ3v) is 5.81. The molecule has 29 heavy (non-hydrogen) atoms. The molecule has 2 saturated heterocycles. The molecule has 0 aromatic heterocycles. The van der Waals surface area contributed by atoms with E-state index in [-0.39, 0.29) is 24.2 Å². The number of methoxy groups -OCH3 is 1. The molecule has 1 amide bonds. The Balaban J connectivity index is 1.33. The van der Waals surface area contributed by atoms with Crippen molar-refractivity contribution in [2.45, 2.75) is 13.0 Å². The van der Waals surface area contributed by atoms with Gasteiger partial charge in [0.05, 0.1) is 13.0 Å². The summed E-state index contributed by atoms with van der Waals surface area (Å²) in [6, 6.07) is 18.7. The maximum absolute atomic E-state index is 12.3. The van der Waals surface area contributed by atoms with Crippen molar-refractivity contribution in [3.05, 3.63) is 60.2 Å². The smallest absolute Gasteiger partial charge is 0.311 e. The van der Waals surface area contributed by atoms with Crippen LogP contribution in [0.2, 0.25) is 0 Å². The summed E-state index contributed by atoms with van der Waals surface area (Å²) in [5.74, 6) is -0.710. The quantitative estimate of drug-likeness (QED) is 0.731. The van der Waals surface area contributed by atoms with Crippen LogP contribution < -0.4 is 9.80 Å². The lowest BCUT2D eigenvalue weighted by Gasteiger charge is -2.36. The van der Waals surface area contributed by atoms with Gasteiger partial charge in [-0.3, -0.25) is 14.5 Å². The first-order chi connectivity index (χ1) is 14.1. The van der Waals surface area contributed by atoms with E-state index in [1.165, 1.54) is 18.4 Å². The Morgan fingerprint density at radius 3 is 2.28 bits per heavy atom. The Morgan fingerprint density at radius 1 is 0.966 bits per heavy atom. The van der Waals surface area contributed by atoms with Gasteiger partial charge in [0.2, 0.25) is 5.91 Å². The Hall–Kier alpha value is -2.86. The van der Waals surface area contributed by atoms with Crippen molar-refractivity contribution in [2.24, 2.45) is 5.92 Å². The highest BCUT2D eigenvalue weighted by atomic mass is 16.5. The standard InChI is InChI=1S/C23H27N3O3/c1-29-23(28)19-15-22(27)26(17-19)21-9-7-20(8-10-21)25-13-11-24(12-14-25)16-18-5-3-2-4-6-18/h2-10,19H,11-17H2,1H3/t19-/m1/s1. The van der Waals surface area contributed by atoms with Gasteiger partial charge in [-0.1, -0.05) is 30.3 Å². The summed E-state index contributed by atoms with van der Waals surface area (Å²) in [6.45, 7) is 5.41. The van der Waals surface area contributed by atoms with Crippen LogP contribution in [-0.4, -0.2) is 56.6 Å². The lowest BCUT2D eigenvalue weighted by molar-refractivity contribution is -0.145. The molecule has 2 heterocycles. The summed E-state index contributed by atoms with van der Waals surface area (Å²) in [6.07, 6.45) is 0.220. The summed E-state index contributed by atoms with van der Waals surface area (Å²) in [4.78, 5) is 30.6. The highest BCUT2D eigenvalue weighted by Crippen LogP contribution is 2.28. The first kappa shape index (κ1) is 19.5. The van der Waals surface area contributed by atoms with Crippen LogP contribution in [0.25, 0.3) is 0 Å². The maximum atomic E-state index is 12.3. The van der Waals surface area contributed by atoms with Gasteiger partial charge in [0, 0.05) is 57.1 Å². The number of esters is 1. The average molecular weight is 393 g/mol. The van der Waals surface area contributed by atoms with Gasteiger partial charge in [-0.05, 0) is 29.8 Å². The molecular formula is C23H27N3O3. The van der Waals surface area contributed by atoms with Crippen molar-refractivity contribution >= 4 is 23.3 Å². The molecule has 6 nitrogen and oxygen atoms in total. The molecule has 4 rings (SSSR count). The monoisotopic (exact) mass is 393 g/mol. The van der Waals surface area contributed by atoms with Crippen LogP contribution in [0.4, 0.5) is 11.4 Å². The van der Waals surface area contributed by atoms with Gasteiger partial charge in [-0.25, -0.2) is 0 Å². The van der Waals surface area contributed by atoms with E-state index in [1.807, 2.05) is 12.1 Å². The number of piperazine rings is 1. The lowest BCUT2D eigenvalue weighted by atomic mass is 10.1. The van der Waals surface area contributed by atoms with E-state index in [4.69, 9.17) is 4.74 Å². The zero-order valence-electron chi connectivity index (χ0n) is 16.8. The molecule has 0 spiro atoms. The number of carbonyl (C=O) groups is 2. The number of carbonyl (C=O) groups excluding carboxylic acids is 2. The van der Waals surface area contributed by atoms with Crippen molar-refractivity contribution in [3.63, 3.8) is 0 Å². The molecule has 2 fully saturated rings. The molecule has 0 unspecified atom stereocenters. The van der Waals surface area contributed by atoms with E-state index in [2.05, 4.69) is 52.3 Å². The first-order valence-electron chi connectivity index (χ1n) is 10.1. The largest absolute Gasteiger partial charge is 0.469 e. The SMILES string of the molecule is COC(=O)[C@@H]1CC(=O)N(c2ccc(N3CCN(Cc4ccccc4)CC3)cc2)C1. The van der Waals surface area contributed by atoms with Gasteiger partial charge in [0.1, 0.15) is 0 Å². The predicted octanol–water partition coefficient (Wildman–Crippen LogP) is 2.53. The fraction of sp³-hybridized carbons (Fsp3) is 0.391. The molecule has 152 valence electrons. The highest BCUT2D eigenvalue weighted by molar-refractivity contribution is 5.99. The number of amides is 1. The Morgan fingerprint density at radius 2 is 1.62 bits per heavy atom. The molecule has 2 aromatic carbocycles. The number of anilines is 2. The van der Waals surface area contributed by atoms with Crippen molar-refractivity contribution in [1.29, 1.82) is 0 Å². The zero-order chi connectivity index (χ0) is 20.2. The molecular weight excluding hydrogens is 366 g/mol. The van der Waals surface area contributed by atoms with Crippen LogP contribution in [-0.2, 0) is 20.9 Å². The predicted molar refractivity (Wildman–Crippen MR) is 113 cm³/mol. The second-order valence-electron chi connectivity index (χ2n) is 7.69. The van der Waals surface area contributed by atoms with Crippen LogP contribution in [0.15, 0.2) is 54.6 Å². The number of benzene rings is 2. The second-order valence-corrected chi connectivity index (χ2v) is 7.69. The molecule has 0 aliphatic carbocycles. The fourth-order valence-corrected chi connectivity index (χ4v) is 4.13. The van der Waals surface area contributed by atoms with E-state index >= 15 is 0 Å². The second kappa shape index (κ2) is 8.66. The summed E-state index contributed by atoms with van der Waals surface area (Å²) >= 11 is 0. The van der Waals surface area contributed by atoms with Gasteiger partial charge < -0.3 is 14.5 Å². The van der Waals surface area contributed by atoms with Gasteiger partial charge in [0.15, 0.2) is 0 Å². The average Bonchev–Trinajstić information content (AvgIpc) is 3.16. The Bertz CT molecular complexity index is 845. The number of hydrogen-bond acceptors (Lipinski definition) is 5.